The summed E-state index contributed by atoms with van der Waals surface area (Å²) < 4.78 is 4.95. The normalized spacial score (nSPS) is 10.2. The molecule has 0 amide bonds. The number of phenolic OH excluding ortho intramolecular Hbond substituents is 1. The summed E-state index contributed by atoms with van der Waals surface area (Å²) in [5.74, 6) is -3.30. The molecule has 6 nitrogen and oxygen atoms in total. The fourth-order valence-corrected chi connectivity index (χ4v) is 1.68. The molecule has 0 aliphatic carbocycles. The van der Waals surface area contributed by atoms with E-state index in [0.29, 0.717) is 0 Å². The van der Waals surface area contributed by atoms with Crippen LogP contribution in [0.1, 0.15) is 53.3 Å². The molecule has 0 aliphatic rings. The van der Waals surface area contributed by atoms with E-state index in [9.17, 15) is 19.8 Å². The number of ether oxygens (including phenoxy) is 1. The van der Waals surface area contributed by atoms with E-state index in [1.165, 1.54) is 0 Å². The number of carbonyl (C=O) groups is 2. The molecule has 20 heavy (non-hydrogen) atoms. The number of carbonyl (C=O) groups excluding carboxylic acids is 1. The smallest absolute Gasteiger partial charge is 0.342 e. The molecule has 3 N–H and O–H groups in total. The zero-order valence-electron chi connectivity index (χ0n) is 11.3. The Hall–Kier alpha value is -2.24. The summed E-state index contributed by atoms with van der Waals surface area (Å²) in [5.41, 5.74) is -0.718. The zero-order valence-corrected chi connectivity index (χ0v) is 11.3. The first-order valence-electron chi connectivity index (χ1n) is 6.43. The van der Waals surface area contributed by atoms with Crippen molar-refractivity contribution in [3.63, 3.8) is 0 Å². The van der Waals surface area contributed by atoms with E-state index in [2.05, 4.69) is 6.92 Å². The van der Waals surface area contributed by atoms with E-state index in [0.717, 1.165) is 37.8 Å². The monoisotopic (exact) mass is 282 g/mol. The molecule has 6 heteroatoms. The van der Waals surface area contributed by atoms with Gasteiger partial charge in [0.15, 0.2) is 0 Å². The second-order valence-corrected chi connectivity index (χ2v) is 4.39. The molecule has 1 rings (SSSR count). The summed E-state index contributed by atoms with van der Waals surface area (Å²) in [5, 5.41) is 27.8. The van der Waals surface area contributed by atoms with Crippen LogP contribution in [0.15, 0.2) is 12.1 Å². The maximum atomic E-state index is 11.7. The SMILES string of the molecule is CCCCCCOC(=O)c1cc(O)c(C(=O)O)cc1O. The lowest BCUT2D eigenvalue weighted by atomic mass is 10.1. The molecule has 0 unspecified atom stereocenters. The number of hydrogen-bond donors (Lipinski definition) is 3. The van der Waals surface area contributed by atoms with E-state index in [1.807, 2.05) is 0 Å². The number of carboxylic acid groups (broad SMARTS) is 1. The van der Waals surface area contributed by atoms with Crippen LogP contribution in [0.25, 0.3) is 0 Å². The van der Waals surface area contributed by atoms with Crippen molar-refractivity contribution < 1.29 is 29.6 Å². The third kappa shape index (κ3) is 4.15. The third-order valence-corrected chi connectivity index (χ3v) is 2.80. The average molecular weight is 282 g/mol. The van der Waals surface area contributed by atoms with Gasteiger partial charge >= 0.3 is 11.9 Å². The van der Waals surface area contributed by atoms with Crippen molar-refractivity contribution in [1.82, 2.24) is 0 Å². The Bertz CT molecular complexity index is 495. The highest BCUT2D eigenvalue weighted by atomic mass is 16.5. The number of benzene rings is 1. The minimum absolute atomic E-state index is 0.222. The molecule has 0 radical (unpaired) electrons. The largest absolute Gasteiger partial charge is 0.507 e. The number of hydrogen-bond acceptors (Lipinski definition) is 5. The fourth-order valence-electron chi connectivity index (χ4n) is 1.68. The standard InChI is InChI=1S/C14H18O6/c1-2-3-4-5-6-20-14(19)10-8-11(15)9(13(17)18)7-12(10)16/h7-8,15-16H,2-6H2,1H3,(H,17,18). The molecule has 1 aromatic rings. The number of rotatable bonds is 7. The number of phenols is 2. The van der Waals surface area contributed by atoms with Crippen molar-refractivity contribution in [3.8, 4) is 11.5 Å². The van der Waals surface area contributed by atoms with Crippen LogP contribution in [0.3, 0.4) is 0 Å². The topological polar surface area (TPSA) is 104 Å². The highest BCUT2D eigenvalue weighted by Gasteiger charge is 2.19. The van der Waals surface area contributed by atoms with Gasteiger partial charge in [0.2, 0.25) is 0 Å². The van der Waals surface area contributed by atoms with Crippen LogP contribution in [0.2, 0.25) is 0 Å². The lowest BCUT2D eigenvalue weighted by molar-refractivity contribution is 0.0492. The Labute approximate surface area is 116 Å². The highest BCUT2D eigenvalue weighted by molar-refractivity contribution is 5.97. The Morgan fingerprint density at radius 1 is 1.05 bits per heavy atom. The number of esters is 1. The Kier molecular flexibility index (Phi) is 5.83. The first-order valence-corrected chi connectivity index (χ1v) is 6.43. The van der Waals surface area contributed by atoms with Gasteiger partial charge < -0.3 is 20.1 Å². The quantitative estimate of drug-likeness (QED) is 0.403. The van der Waals surface area contributed by atoms with Gasteiger partial charge in [-0.15, -0.1) is 0 Å². The van der Waals surface area contributed by atoms with Crippen LogP contribution < -0.4 is 0 Å². The van der Waals surface area contributed by atoms with Crippen molar-refractivity contribution in [1.29, 1.82) is 0 Å². The molecule has 0 heterocycles. The van der Waals surface area contributed by atoms with Gasteiger partial charge in [-0.1, -0.05) is 26.2 Å². The maximum absolute atomic E-state index is 11.7. The summed E-state index contributed by atoms with van der Waals surface area (Å²) in [4.78, 5) is 22.4. The fraction of sp³-hybridized carbons (Fsp3) is 0.429. The summed E-state index contributed by atoms with van der Waals surface area (Å²) in [6.45, 7) is 2.29. The summed E-state index contributed by atoms with van der Waals surface area (Å²) in [7, 11) is 0. The Morgan fingerprint density at radius 2 is 1.65 bits per heavy atom. The summed E-state index contributed by atoms with van der Waals surface area (Å²) in [6.07, 6.45) is 3.79. The van der Waals surface area contributed by atoms with Crippen LogP contribution in [0.5, 0.6) is 11.5 Å². The van der Waals surface area contributed by atoms with Gasteiger partial charge in [-0.25, -0.2) is 9.59 Å². The van der Waals surface area contributed by atoms with Crippen molar-refractivity contribution in [3.05, 3.63) is 23.3 Å². The van der Waals surface area contributed by atoms with E-state index >= 15 is 0 Å². The minimum Gasteiger partial charge on any atom is -0.507 e. The van der Waals surface area contributed by atoms with Crippen molar-refractivity contribution in [2.75, 3.05) is 6.61 Å². The molecule has 0 aliphatic heterocycles. The first kappa shape index (κ1) is 15.8. The van der Waals surface area contributed by atoms with Gasteiger partial charge in [0.05, 0.1) is 6.61 Å². The number of carboxylic acids is 1. The van der Waals surface area contributed by atoms with Crippen LogP contribution in [-0.2, 0) is 4.74 Å². The first-order chi connectivity index (χ1) is 9.47. The van der Waals surface area contributed by atoms with Crippen LogP contribution in [-0.4, -0.2) is 33.9 Å². The molecule has 0 saturated carbocycles. The van der Waals surface area contributed by atoms with E-state index in [-0.39, 0.29) is 12.2 Å². The van der Waals surface area contributed by atoms with E-state index in [1.54, 1.807) is 0 Å². The summed E-state index contributed by atoms with van der Waals surface area (Å²) in [6, 6.07) is 1.72. The Balaban J connectivity index is 2.69. The number of aromatic hydroxyl groups is 2. The molecular weight excluding hydrogens is 264 g/mol. The molecular formula is C14H18O6. The third-order valence-electron chi connectivity index (χ3n) is 2.80. The molecule has 0 fully saturated rings. The van der Waals surface area contributed by atoms with Gasteiger partial charge in [-0.3, -0.25) is 0 Å². The van der Waals surface area contributed by atoms with Gasteiger partial charge in [0, 0.05) is 0 Å². The van der Waals surface area contributed by atoms with Crippen molar-refractivity contribution in [2.45, 2.75) is 32.6 Å². The molecule has 0 aromatic heterocycles. The molecule has 1 aromatic carbocycles. The van der Waals surface area contributed by atoms with Crippen LogP contribution >= 0.6 is 0 Å². The van der Waals surface area contributed by atoms with Crippen molar-refractivity contribution in [2.24, 2.45) is 0 Å². The predicted molar refractivity (Wildman–Crippen MR) is 71.2 cm³/mol. The number of aromatic carboxylic acids is 1. The van der Waals surface area contributed by atoms with Gasteiger partial charge in [0.25, 0.3) is 0 Å². The molecule has 0 saturated heterocycles. The van der Waals surface area contributed by atoms with Gasteiger partial charge in [-0.05, 0) is 18.6 Å². The van der Waals surface area contributed by atoms with Crippen LogP contribution in [0.4, 0.5) is 0 Å². The Morgan fingerprint density at radius 3 is 2.25 bits per heavy atom. The second kappa shape index (κ2) is 7.37. The number of unbranched alkanes of at least 4 members (excludes halogenated alkanes) is 3. The molecule has 0 atom stereocenters. The van der Waals surface area contributed by atoms with Gasteiger partial charge in [-0.2, -0.15) is 0 Å². The average Bonchev–Trinajstić information content (AvgIpc) is 2.40. The zero-order chi connectivity index (χ0) is 15.1. The van der Waals surface area contributed by atoms with Crippen molar-refractivity contribution >= 4 is 11.9 Å². The lowest BCUT2D eigenvalue weighted by Crippen LogP contribution is -2.08. The molecule has 0 bridgehead atoms. The molecule has 110 valence electrons. The van der Waals surface area contributed by atoms with Gasteiger partial charge in [0.1, 0.15) is 22.6 Å². The van der Waals surface area contributed by atoms with E-state index < -0.39 is 29.0 Å². The van der Waals surface area contributed by atoms with Crippen LogP contribution in [0, 0.1) is 0 Å². The van der Waals surface area contributed by atoms with E-state index in [4.69, 9.17) is 9.84 Å². The second-order valence-electron chi connectivity index (χ2n) is 4.39. The predicted octanol–water partition coefficient (Wildman–Crippen LogP) is 2.53. The summed E-state index contributed by atoms with van der Waals surface area (Å²) >= 11 is 0. The molecule has 0 spiro atoms. The lowest BCUT2D eigenvalue weighted by Gasteiger charge is -2.08. The minimum atomic E-state index is -1.39. The maximum Gasteiger partial charge on any atom is 0.342 e. The highest BCUT2D eigenvalue weighted by Crippen LogP contribution is 2.27.